The lowest BCUT2D eigenvalue weighted by Gasteiger charge is -2.03. The molecular weight excluding hydrogens is 290 g/mol. The summed E-state index contributed by atoms with van der Waals surface area (Å²) in [7, 11) is 3.81. The van der Waals surface area contributed by atoms with Crippen molar-refractivity contribution in [1.82, 2.24) is 29.9 Å². The van der Waals surface area contributed by atoms with Crippen LogP contribution in [-0.4, -0.2) is 38.7 Å². The van der Waals surface area contributed by atoms with E-state index < -0.39 is 0 Å². The van der Waals surface area contributed by atoms with Crippen molar-refractivity contribution in [3.05, 3.63) is 41.1 Å². The van der Waals surface area contributed by atoms with E-state index >= 15 is 0 Å². The van der Waals surface area contributed by atoms with Crippen molar-refractivity contribution in [1.29, 1.82) is 0 Å². The van der Waals surface area contributed by atoms with Crippen LogP contribution in [0.1, 0.15) is 11.5 Å². The molecule has 0 atom stereocenters. The molecule has 0 aliphatic rings. The third-order valence-electron chi connectivity index (χ3n) is 2.98. The Hall–Kier alpha value is -2.12. The fourth-order valence-electron chi connectivity index (χ4n) is 1.98. The summed E-state index contributed by atoms with van der Waals surface area (Å²) in [5, 5.41) is 11.0. The van der Waals surface area contributed by atoms with Gasteiger partial charge in [-0.2, -0.15) is 4.98 Å². The van der Waals surface area contributed by atoms with E-state index in [4.69, 9.17) is 11.6 Å². The Bertz CT molecular complexity index is 746. The highest BCUT2D eigenvalue weighted by molar-refractivity contribution is 6.30. The van der Waals surface area contributed by atoms with Crippen molar-refractivity contribution in [2.24, 2.45) is 0 Å². The monoisotopic (exact) mass is 305 g/mol. The molecule has 8 heteroatoms. The number of halogens is 1. The Morgan fingerprint density at radius 2 is 2.10 bits per heavy atom. The first-order chi connectivity index (χ1) is 10.1. The zero-order chi connectivity index (χ0) is 14.8. The van der Waals surface area contributed by atoms with Gasteiger partial charge in [0, 0.05) is 33.0 Å². The fourth-order valence-corrected chi connectivity index (χ4v) is 2.14. The summed E-state index contributed by atoms with van der Waals surface area (Å²) >= 11 is 5.95. The highest BCUT2D eigenvalue weighted by Gasteiger charge is 2.05. The minimum absolute atomic E-state index is 0.607. The van der Waals surface area contributed by atoms with Crippen LogP contribution in [0.15, 0.2) is 24.5 Å². The Labute approximate surface area is 127 Å². The third kappa shape index (κ3) is 3.14. The highest BCUT2D eigenvalue weighted by Crippen LogP contribution is 2.11. The lowest BCUT2D eigenvalue weighted by molar-refractivity contribution is 0.656. The van der Waals surface area contributed by atoms with E-state index in [1.165, 1.54) is 0 Å². The second kappa shape index (κ2) is 5.71. The second-order valence-corrected chi connectivity index (χ2v) is 5.36. The molecule has 0 saturated heterocycles. The van der Waals surface area contributed by atoms with E-state index in [9.17, 15) is 0 Å². The normalized spacial score (nSPS) is 11.2. The average molecular weight is 306 g/mol. The number of aromatic nitrogens is 5. The quantitative estimate of drug-likeness (QED) is 0.746. The number of hydrogen-bond donors (Lipinski definition) is 2. The van der Waals surface area contributed by atoms with Crippen LogP contribution in [0.3, 0.4) is 0 Å². The lowest BCUT2D eigenvalue weighted by atomic mass is 10.4. The van der Waals surface area contributed by atoms with Crippen LogP contribution in [0.5, 0.6) is 0 Å². The first-order valence-corrected chi connectivity index (χ1v) is 6.92. The molecule has 3 heterocycles. The van der Waals surface area contributed by atoms with Crippen molar-refractivity contribution in [3.8, 4) is 0 Å². The first kappa shape index (κ1) is 13.8. The van der Waals surface area contributed by atoms with Crippen molar-refractivity contribution in [2.75, 3.05) is 19.0 Å². The number of fused-ring (bicyclic) bond motifs is 1. The van der Waals surface area contributed by atoms with Gasteiger partial charge >= 0.3 is 0 Å². The van der Waals surface area contributed by atoms with Gasteiger partial charge in [-0.3, -0.25) is 5.10 Å². The topological polar surface area (TPSA) is 74.1 Å². The number of hydrogen-bond acceptors (Lipinski definition) is 5. The summed E-state index contributed by atoms with van der Waals surface area (Å²) in [6, 6.07) is 3.73. The molecule has 0 unspecified atom stereocenters. The maximum atomic E-state index is 5.95. The fraction of sp³-hybridized carbons (Fsp3) is 0.308. The molecule has 21 heavy (non-hydrogen) atoms. The summed E-state index contributed by atoms with van der Waals surface area (Å²) < 4.78 is 1.91. The average Bonchev–Trinajstić information content (AvgIpc) is 3.04. The molecule has 0 spiro atoms. The van der Waals surface area contributed by atoms with E-state index in [1.54, 1.807) is 0 Å². The number of nitrogens with one attached hydrogen (secondary N) is 2. The molecular formula is C13H16ClN7. The van der Waals surface area contributed by atoms with Crippen LogP contribution in [-0.2, 0) is 13.1 Å². The van der Waals surface area contributed by atoms with E-state index in [-0.39, 0.29) is 0 Å². The summed E-state index contributed by atoms with van der Waals surface area (Å²) in [5.74, 6) is 1.47. The van der Waals surface area contributed by atoms with Crippen LogP contribution in [0.2, 0.25) is 5.02 Å². The van der Waals surface area contributed by atoms with Gasteiger partial charge in [0.25, 0.3) is 0 Å². The minimum atomic E-state index is 0.607. The minimum Gasteiger partial charge on any atom is -0.346 e. The summed E-state index contributed by atoms with van der Waals surface area (Å²) in [5.41, 5.74) is 1.83. The Morgan fingerprint density at radius 3 is 2.86 bits per heavy atom. The van der Waals surface area contributed by atoms with Crippen molar-refractivity contribution >= 4 is 23.2 Å². The molecule has 0 aliphatic carbocycles. The van der Waals surface area contributed by atoms with Gasteiger partial charge in [-0.1, -0.05) is 11.6 Å². The van der Waals surface area contributed by atoms with E-state index in [0.29, 0.717) is 24.1 Å². The molecule has 3 aromatic heterocycles. The number of imidazole rings is 1. The molecule has 110 valence electrons. The Balaban J connectivity index is 1.60. The summed E-state index contributed by atoms with van der Waals surface area (Å²) in [4.78, 5) is 10.7. The van der Waals surface area contributed by atoms with E-state index in [0.717, 1.165) is 17.2 Å². The Morgan fingerprint density at radius 1 is 1.24 bits per heavy atom. The largest absolute Gasteiger partial charge is 0.346 e. The number of H-pyrrole nitrogens is 1. The predicted octanol–water partition coefficient (Wildman–Crippen LogP) is 1.46. The number of nitrogens with zero attached hydrogens (tertiary/aromatic N) is 5. The first-order valence-electron chi connectivity index (χ1n) is 6.54. The van der Waals surface area contributed by atoms with Crippen LogP contribution < -0.4 is 10.2 Å². The van der Waals surface area contributed by atoms with Gasteiger partial charge in [-0.05, 0) is 12.1 Å². The van der Waals surface area contributed by atoms with Crippen LogP contribution >= 0.6 is 11.6 Å². The molecule has 0 fully saturated rings. The second-order valence-electron chi connectivity index (χ2n) is 4.93. The van der Waals surface area contributed by atoms with Crippen LogP contribution in [0, 0.1) is 0 Å². The van der Waals surface area contributed by atoms with Gasteiger partial charge in [0.05, 0.1) is 17.3 Å². The third-order valence-corrected chi connectivity index (χ3v) is 3.21. The molecule has 0 aromatic carbocycles. The molecule has 0 aliphatic heterocycles. The molecule has 0 saturated carbocycles. The molecule has 2 N–H and O–H groups in total. The van der Waals surface area contributed by atoms with Gasteiger partial charge in [-0.25, -0.2) is 4.98 Å². The van der Waals surface area contributed by atoms with Crippen molar-refractivity contribution in [2.45, 2.75) is 13.1 Å². The predicted molar refractivity (Wildman–Crippen MR) is 81.5 cm³/mol. The van der Waals surface area contributed by atoms with E-state index in [1.807, 2.05) is 47.9 Å². The summed E-state index contributed by atoms with van der Waals surface area (Å²) in [6.07, 6.45) is 3.80. The zero-order valence-corrected chi connectivity index (χ0v) is 12.6. The standard InChI is InChI=1S/C13H16ClN7/c1-20(2)13-17-11(18-19-13)6-15-5-10-8-21-7-9(14)3-4-12(21)16-10/h3-4,7-8,15H,5-6H2,1-2H3,(H,17,18,19). The number of pyridine rings is 1. The molecule has 7 nitrogen and oxygen atoms in total. The number of rotatable bonds is 5. The highest BCUT2D eigenvalue weighted by atomic mass is 35.5. The van der Waals surface area contributed by atoms with Gasteiger partial charge in [0.1, 0.15) is 11.5 Å². The van der Waals surface area contributed by atoms with Crippen molar-refractivity contribution in [3.63, 3.8) is 0 Å². The molecule has 3 rings (SSSR count). The maximum absolute atomic E-state index is 5.95. The number of aromatic amines is 1. The van der Waals surface area contributed by atoms with E-state index in [2.05, 4.69) is 25.5 Å². The maximum Gasteiger partial charge on any atom is 0.244 e. The van der Waals surface area contributed by atoms with Gasteiger partial charge in [0.2, 0.25) is 5.95 Å². The van der Waals surface area contributed by atoms with Gasteiger partial charge in [0.15, 0.2) is 0 Å². The molecule has 3 aromatic rings. The molecule has 0 amide bonds. The summed E-state index contributed by atoms with van der Waals surface area (Å²) in [6.45, 7) is 1.26. The zero-order valence-electron chi connectivity index (χ0n) is 11.8. The molecule has 0 radical (unpaired) electrons. The lowest BCUT2D eigenvalue weighted by Crippen LogP contribution is -2.14. The van der Waals surface area contributed by atoms with Crippen LogP contribution in [0.25, 0.3) is 5.65 Å². The number of anilines is 1. The Kier molecular flexibility index (Phi) is 3.76. The van der Waals surface area contributed by atoms with Gasteiger partial charge < -0.3 is 14.6 Å². The SMILES string of the molecule is CN(C)c1n[nH]c(CNCc2cn3cc(Cl)ccc3n2)n1. The van der Waals surface area contributed by atoms with Gasteiger partial charge in [-0.15, -0.1) is 5.10 Å². The van der Waals surface area contributed by atoms with Crippen LogP contribution in [0.4, 0.5) is 5.95 Å². The molecule has 0 bridgehead atoms. The smallest absolute Gasteiger partial charge is 0.244 e. The van der Waals surface area contributed by atoms with Crippen molar-refractivity contribution < 1.29 is 0 Å².